The van der Waals surface area contributed by atoms with Crippen molar-refractivity contribution >= 4 is 27.0 Å². The van der Waals surface area contributed by atoms with Gasteiger partial charge < -0.3 is 5.11 Å². The molecular weight excluding hydrogens is 318 g/mol. The molecule has 0 aromatic carbocycles. The summed E-state index contributed by atoms with van der Waals surface area (Å²) >= 11 is 0. The zero-order valence-corrected chi connectivity index (χ0v) is 16.7. The number of aliphatic hydroxyl groups is 1. The van der Waals surface area contributed by atoms with Gasteiger partial charge in [0.25, 0.3) is 0 Å². The summed E-state index contributed by atoms with van der Waals surface area (Å²) < 4.78 is 0. The fourth-order valence-electron chi connectivity index (χ4n) is 3.74. The first kappa shape index (κ1) is 19.6. The highest BCUT2D eigenvalue weighted by Crippen LogP contribution is 2.25. The molecule has 0 amide bonds. The average Bonchev–Trinajstić information content (AvgIpc) is 2.50. The molecule has 0 bridgehead atoms. The first-order chi connectivity index (χ1) is 11.4. The molecule has 0 aromatic heterocycles. The Morgan fingerprint density at radius 3 is 1.70 bits per heavy atom. The fourth-order valence-corrected chi connectivity index (χ4v) is 6.76. The molecule has 23 heavy (non-hydrogen) atoms. The molecule has 1 N–H and O–H groups in total. The summed E-state index contributed by atoms with van der Waals surface area (Å²) in [7, 11) is 3.08. The van der Waals surface area contributed by atoms with E-state index in [-0.39, 0.29) is 0 Å². The number of rotatable bonds is 5. The topological polar surface area (TPSA) is 20.2 Å². The molecule has 0 spiro atoms. The third-order valence-electron chi connectivity index (χ3n) is 5.24. The van der Waals surface area contributed by atoms with E-state index in [0.29, 0.717) is 12.3 Å². The molecule has 3 heteroatoms. The molecule has 2 fully saturated rings. The van der Waals surface area contributed by atoms with E-state index in [2.05, 4.69) is 0 Å². The summed E-state index contributed by atoms with van der Waals surface area (Å²) in [6.45, 7) is 0.385. The summed E-state index contributed by atoms with van der Waals surface area (Å²) in [5.41, 5.74) is 0.506. The van der Waals surface area contributed by atoms with Crippen molar-refractivity contribution in [3.8, 4) is 0 Å². The Bertz CT molecular complexity index is 356. The first-order valence-corrected chi connectivity index (χ1v) is 12.1. The van der Waals surface area contributed by atoms with Crippen LogP contribution in [0.1, 0.15) is 96.3 Å². The molecule has 2 saturated carbocycles. The molecule has 0 aromatic rings. The second-order valence-electron chi connectivity index (χ2n) is 7.30. The monoisotopic (exact) mass is 354 g/mol. The van der Waals surface area contributed by atoms with Crippen LogP contribution in [0.15, 0.2) is 0 Å². The maximum Gasteiger partial charge on any atom is 0.0535 e. The van der Waals surface area contributed by atoms with Gasteiger partial charge in [0.2, 0.25) is 0 Å². The van der Waals surface area contributed by atoms with Crippen molar-refractivity contribution in [3.63, 3.8) is 0 Å². The number of aliphatic hydroxyl groups excluding tert-OH is 1. The van der Waals surface area contributed by atoms with Crippen LogP contribution in [0.3, 0.4) is 0 Å². The zero-order chi connectivity index (χ0) is 16.2. The summed E-state index contributed by atoms with van der Waals surface area (Å²) in [5.74, 6) is 0. The minimum Gasteiger partial charge on any atom is -0.395 e. The van der Waals surface area contributed by atoms with Crippen LogP contribution in [0, 0.1) is 0 Å². The molecule has 1 nitrogen and oxygen atoms in total. The third kappa shape index (κ3) is 8.81. The normalized spacial score (nSPS) is 23.2. The van der Waals surface area contributed by atoms with Gasteiger partial charge in [-0.3, -0.25) is 0 Å². The second-order valence-corrected chi connectivity index (χ2v) is 10.3. The van der Waals surface area contributed by atoms with Crippen LogP contribution in [0.25, 0.3) is 0 Å². The SMILES string of the molecule is OCC(CCP=C1CCCCCCC1)P=C1CCCCCCC1. The summed E-state index contributed by atoms with van der Waals surface area (Å²) in [6.07, 6.45) is 22.1. The van der Waals surface area contributed by atoms with Crippen molar-refractivity contribution in [2.75, 3.05) is 12.8 Å². The molecule has 0 aliphatic heterocycles. The van der Waals surface area contributed by atoms with Crippen molar-refractivity contribution in [1.29, 1.82) is 0 Å². The van der Waals surface area contributed by atoms with Crippen LogP contribution in [-0.2, 0) is 0 Å². The Balaban J connectivity index is 1.78. The average molecular weight is 354 g/mol. The van der Waals surface area contributed by atoms with Gasteiger partial charge in [-0.1, -0.05) is 46.7 Å². The van der Waals surface area contributed by atoms with Gasteiger partial charge in [0.1, 0.15) is 0 Å². The van der Waals surface area contributed by atoms with E-state index in [1.165, 1.54) is 111 Å². The minimum atomic E-state index is 0.385. The first-order valence-electron chi connectivity index (χ1n) is 10.1. The number of hydrogen-bond donors (Lipinski definition) is 1. The highest BCUT2D eigenvalue weighted by Gasteiger charge is 2.10. The summed E-state index contributed by atoms with van der Waals surface area (Å²) in [5, 5.41) is 13.3. The molecule has 1 unspecified atom stereocenters. The Labute approximate surface area is 147 Å². The van der Waals surface area contributed by atoms with Gasteiger partial charge in [-0.2, -0.15) is 0 Å². The lowest BCUT2D eigenvalue weighted by molar-refractivity contribution is 0.292. The zero-order valence-electron chi connectivity index (χ0n) is 14.9. The van der Waals surface area contributed by atoms with Crippen LogP contribution >= 0.6 is 16.4 Å². The molecule has 2 aliphatic carbocycles. The largest absolute Gasteiger partial charge is 0.395 e. The van der Waals surface area contributed by atoms with Gasteiger partial charge in [0.15, 0.2) is 0 Å². The maximum absolute atomic E-state index is 9.77. The van der Waals surface area contributed by atoms with E-state index in [1.54, 1.807) is 18.8 Å². The van der Waals surface area contributed by atoms with Crippen molar-refractivity contribution in [2.45, 2.75) is 102 Å². The van der Waals surface area contributed by atoms with Crippen LogP contribution in [0.5, 0.6) is 0 Å². The molecule has 2 aliphatic rings. The highest BCUT2D eigenvalue weighted by atomic mass is 31.1. The van der Waals surface area contributed by atoms with Crippen LogP contribution in [0.2, 0.25) is 0 Å². The van der Waals surface area contributed by atoms with Gasteiger partial charge in [-0.15, -0.1) is 8.20 Å². The predicted molar refractivity (Wildman–Crippen MR) is 109 cm³/mol. The minimum absolute atomic E-state index is 0.385. The Kier molecular flexibility index (Phi) is 10.8. The van der Waals surface area contributed by atoms with E-state index < -0.39 is 0 Å². The molecule has 132 valence electrons. The fraction of sp³-hybridized carbons (Fsp3) is 0.900. The van der Waals surface area contributed by atoms with E-state index in [4.69, 9.17) is 0 Å². The van der Waals surface area contributed by atoms with E-state index >= 15 is 0 Å². The van der Waals surface area contributed by atoms with Crippen LogP contribution in [-0.4, -0.2) is 34.1 Å². The lowest BCUT2D eigenvalue weighted by atomic mass is 10.0. The highest BCUT2D eigenvalue weighted by molar-refractivity contribution is 7.42. The Morgan fingerprint density at radius 2 is 1.17 bits per heavy atom. The van der Waals surface area contributed by atoms with Gasteiger partial charge in [-0.25, -0.2) is 0 Å². The molecule has 1 atom stereocenters. The summed E-state index contributed by atoms with van der Waals surface area (Å²) in [6, 6.07) is 0. The van der Waals surface area contributed by atoms with Crippen molar-refractivity contribution in [1.82, 2.24) is 0 Å². The van der Waals surface area contributed by atoms with Crippen molar-refractivity contribution in [3.05, 3.63) is 0 Å². The Hall–Kier alpha value is 0.300. The third-order valence-corrected chi connectivity index (χ3v) is 8.21. The van der Waals surface area contributed by atoms with Crippen molar-refractivity contribution < 1.29 is 5.11 Å². The Morgan fingerprint density at radius 1 is 0.696 bits per heavy atom. The number of hydrogen-bond acceptors (Lipinski definition) is 1. The lowest BCUT2D eigenvalue weighted by Gasteiger charge is -2.15. The van der Waals surface area contributed by atoms with Crippen LogP contribution in [0.4, 0.5) is 0 Å². The van der Waals surface area contributed by atoms with Crippen LogP contribution < -0.4 is 0 Å². The summed E-state index contributed by atoms with van der Waals surface area (Å²) in [4.78, 5) is 0. The van der Waals surface area contributed by atoms with Crippen molar-refractivity contribution in [2.24, 2.45) is 0 Å². The standard InChI is InChI=1S/C20H36OP2/c21-17-20(23-19-13-9-5-2-6-10-14-19)15-16-22-18-11-7-3-1-4-8-12-18/h20-21H,1-17H2. The lowest BCUT2D eigenvalue weighted by Crippen LogP contribution is -2.10. The predicted octanol–water partition coefficient (Wildman–Crippen LogP) is 6.46. The van der Waals surface area contributed by atoms with Gasteiger partial charge in [0.05, 0.1) is 6.61 Å². The van der Waals surface area contributed by atoms with E-state index in [9.17, 15) is 5.11 Å². The molecule has 0 saturated heterocycles. The molecule has 0 heterocycles. The van der Waals surface area contributed by atoms with E-state index in [1.807, 2.05) is 0 Å². The molecule has 0 radical (unpaired) electrons. The molecular formula is C20H36OP2. The van der Waals surface area contributed by atoms with Gasteiger partial charge in [-0.05, 0) is 74.5 Å². The van der Waals surface area contributed by atoms with E-state index in [0.717, 1.165) is 0 Å². The van der Waals surface area contributed by atoms with Gasteiger partial charge >= 0.3 is 0 Å². The maximum atomic E-state index is 9.77. The molecule has 2 rings (SSSR count). The second kappa shape index (κ2) is 12.6. The quantitative estimate of drug-likeness (QED) is 0.562. The van der Waals surface area contributed by atoms with Gasteiger partial charge in [0, 0.05) is 5.66 Å². The smallest absolute Gasteiger partial charge is 0.0535 e.